The van der Waals surface area contributed by atoms with Crippen LogP contribution in [0.1, 0.15) is 23.1 Å². The summed E-state index contributed by atoms with van der Waals surface area (Å²) in [7, 11) is 0. The zero-order valence-electron chi connectivity index (χ0n) is 17.3. The number of nitrogens with one attached hydrogen (secondary N) is 1. The van der Waals surface area contributed by atoms with E-state index in [1.54, 1.807) is 12.1 Å². The molecule has 2 aromatic heterocycles. The van der Waals surface area contributed by atoms with Gasteiger partial charge in [-0.15, -0.1) is 0 Å². The highest BCUT2D eigenvalue weighted by Gasteiger charge is 2.30. The summed E-state index contributed by atoms with van der Waals surface area (Å²) in [6.45, 7) is 0. The first-order valence-electron chi connectivity index (χ1n) is 10.1. The van der Waals surface area contributed by atoms with Gasteiger partial charge in [-0.05, 0) is 84.8 Å². The van der Waals surface area contributed by atoms with Gasteiger partial charge in [-0.2, -0.15) is 17.6 Å². The van der Waals surface area contributed by atoms with E-state index in [4.69, 9.17) is 4.42 Å². The van der Waals surface area contributed by atoms with E-state index in [9.17, 15) is 17.6 Å². The molecule has 0 saturated carbocycles. The summed E-state index contributed by atoms with van der Waals surface area (Å²) in [6, 6.07) is 16.1. The van der Waals surface area contributed by atoms with Crippen LogP contribution in [0.4, 0.5) is 23.4 Å². The molecule has 4 nitrogen and oxygen atoms in total. The summed E-state index contributed by atoms with van der Waals surface area (Å²) in [4.78, 5) is 8.68. The third-order valence-electron chi connectivity index (χ3n) is 4.93. The number of benzene rings is 2. The van der Waals surface area contributed by atoms with Crippen molar-refractivity contribution in [3.63, 3.8) is 0 Å². The Bertz CT molecular complexity index is 1210. The number of nitrogens with zero attached hydrogens (tertiary/aromatic N) is 2. The van der Waals surface area contributed by atoms with Crippen LogP contribution in [0.2, 0.25) is 0 Å². The molecule has 0 fully saturated rings. The van der Waals surface area contributed by atoms with Crippen molar-refractivity contribution in [2.75, 3.05) is 4.72 Å². The van der Waals surface area contributed by atoms with Gasteiger partial charge in [0.2, 0.25) is 11.8 Å². The molecule has 1 aliphatic rings. The van der Waals surface area contributed by atoms with E-state index in [-0.39, 0.29) is 5.89 Å². The van der Waals surface area contributed by atoms with Crippen molar-refractivity contribution in [3.8, 4) is 11.5 Å². The van der Waals surface area contributed by atoms with E-state index in [0.29, 0.717) is 11.4 Å². The average molecular weight is 473 g/mol. The van der Waals surface area contributed by atoms with Crippen LogP contribution in [0.15, 0.2) is 82.4 Å². The maximum absolute atomic E-state index is 12.9. The third-order valence-corrected chi connectivity index (χ3v) is 5.73. The second-order valence-corrected chi connectivity index (χ2v) is 8.13. The van der Waals surface area contributed by atoms with Gasteiger partial charge in [0.1, 0.15) is 12.1 Å². The largest absolute Gasteiger partial charge is 0.445 e. The van der Waals surface area contributed by atoms with Crippen LogP contribution in [0.25, 0.3) is 11.5 Å². The molecular formula is C24H19F4N3OS. The number of fused-ring (bicyclic) bond motifs is 1. The van der Waals surface area contributed by atoms with Crippen molar-refractivity contribution < 1.29 is 22.0 Å². The van der Waals surface area contributed by atoms with Crippen LogP contribution in [0.3, 0.4) is 0 Å². The molecule has 0 spiro atoms. The number of rotatable bonds is 4. The monoisotopic (exact) mass is 473 g/mol. The summed E-state index contributed by atoms with van der Waals surface area (Å²) in [5.41, 5.74) is 2.50. The molecule has 0 amide bonds. The molecule has 4 aromatic rings. The number of halogens is 4. The molecule has 0 aliphatic heterocycles. The molecule has 0 saturated heterocycles. The van der Waals surface area contributed by atoms with Gasteiger partial charge >= 0.3 is 6.18 Å². The van der Waals surface area contributed by atoms with Crippen LogP contribution in [-0.2, 0) is 19.0 Å². The fourth-order valence-electron chi connectivity index (χ4n) is 3.38. The lowest BCUT2D eigenvalue weighted by atomic mass is 10.1. The fraction of sp³-hybridized carbons (Fsp3) is 0.167. The predicted molar refractivity (Wildman–Crippen MR) is 119 cm³/mol. The van der Waals surface area contributed by atoms with Crippen molar-refractivity contribution in [1.29, 1.82) is 0 Å². The Morgan fingerprint density at radius 3 is 2.52 bits per heavy atom. The molecule has 5 rings (SSSR count). The minimum Gasteiger partial charge on any atom is -0.445 e. The molecule has 2 aromatic carbocycles. The van der Waals surface area contributed by atoms with Crippen LogP contribution in [-0.4, -0.2) is 9.97 Å². The van der Waals surface area contributed by atoms with E-state index >= 15 is 0 Å². The van der Waals surface area contributed by atoms with E-state index < -0.39 is 17.7 Å². The second-order valence-electron chi connectivity index (χ2n) is 7.25. The Kier molecular flexibility index (Phi) is 6.98. The van der Waals surface area contributed by atoms with Crippen molar-refractivity contribution in [2.24, 2.45) is 0 Å². The van der Waals surface area contributed by atoms with Gasteiger partial charge in [0, 0.05) is 10.5 Å². The Morgan fingerprint density at radius 2 is 1.76 bits per heavy atom. The SMILES string of the molecule is FC(F)(F)c1cccc(-c2ncco2)c1.Fc1cccc(NSc2ccc3c(c2)CCC3)n1. The molecule has 0 unspecified atom stereocenters. The molecule has 2 heterocycles. The van der Waals surface area contributed by atoms with Gasteiger partial charge in [0.05, 0.1) is 11.8 Å². The number of aromatic nitrogens is 2. The zero-order valence-corrected chi connectivity index (χ0v) is 18.1. The molecule has 1 N–H and O–H groups in total. The average Bonchev–Trinajstić information content (AvgIpc) is 3.50. The zero-order chi connectivity index (χ0) is 23.3. The third kappa shape index (κ3) is 6.13. The Balaban J connectivity index is 0.000000160. The van der Waals surface area contributed by atoms with Crippen LogP contribution < -0.4 is 4.72 Å². The van der Waals surface area contributed by atoms with Crippen molar-refractivity contribution >= 4 is 17.8 Å². The molecule has 9 heteroatoms. The first-order valence-corrected chi connectivity index (χ1v) is 10.9. The molecule has 33 heavy (non-hydrogen) atoms. The molecule has 1 aliphatic carbocycles. The number of hydrogen-bond donors (Lipinski definition) is 1. The first kappa shape index (κ1) is 22.8. The molecule has 0 bridgehead atoms. The molecule has 0 atom stereocenters. The highest BCUT2D eigenvalue weighted by Crippen LogP contribution is 2.31. The summed E-state index contributed by atoms with van der Waals surface area (Å²) in [5, 5.41) is 0. The van der Waals surface area contributed by atoms with Crippen molar-refractivity contribution in [3.05, 3.63) is 95.8 Å². The van der Waals surface area contributed by atoms with E-state index in [2.05, 4.69) is 32.9 Å². The smallest absolute Gasteiger partial charge is 0.416 e. The number of pyridine rings is 1. The molecular weight excluding hydrogens is 454 g/mol. The van der Waals surface area contributed by atoms with Gasteiger partial charge in [-0.25, -0.2) is 9.97 Å². The van der Waals surface area contributed by atoms with E-state index in [0.717, 1.165) is 17.0 Å². The van der Waals surface area contributed by atoms with Gasteiger partial charge < -0.3 is 9.14 Å². The lowest BCUT2D eigenvalue weighted by Gasteiger charge is -2.06. The number of oxazole rings is 1. The van der Waals surface area contributed by atoms with E-state index in [1.165, 1.54) is 73.0 Å². The summed E-state index contributed by atoms with van der Waals surface area (Å²) in [5.74, 6) is 0.260. The Morgan fingerprint density at radius 1 is 0.939 bits per heavy atom. The van der Waals surface area contributed by atoms with E-state index in [1.807, 2.05) is 0 Å². The Hall–Kier alpha value is -3.33. The quantitative estimate of drug-likeness (QED) is 0.193. The van der Waals surface area contributed by atoms with Crippen molar-refractivity contribution in [2.45, 2.75) is 30.3 Å². The van der Waals surface area contributed by atoms with Crippen molar-refractivity contribution in [1.82, 2.24) is 9.97 Å². The number of anilines is 1. The van der Waals surface area contributed by atoms with Gasteiger partial charge in [0.25, 0.3) is 0 Å². The second kappa shape index (κ2) is 10.1. The van der Waals surface area contributed by atoms with Gasteiger partial charge in [0.15, 0.2) is 0 Å². The predicted octanol–water partition coefficient (Wildman–Crippen LogP) is 7.19. The first-order chi connectivity index (χ1) is 15.9. The number of alkyl halides is 3. The van der Waals surface area contributed by atoms with Crippen LogP contribution in [0.5, 0.6) is 0 Å². The fourth-order valence-corrected chi connectivity index (χ4v) is 4.06. The number of hydrogen-bond acceptors (Lipinski definition) is 5. The lowest BCUT2D eigenvalue weighted by Crippen LogP contribution is -2.04. The van der Waals surface area contributed by atoms with Crippen LogP contribution in [0, 0.1) is 5.95 Å². The summed E-state index contributed by atoms with van der Waals surface area (Å²) >= 11 is 1.47. The van der Waals surface area contributed by atoms with Gasteiger partial charge in [-0.3, -0.25) is 0 Å². The van der Waals surface area contributed by atoms with Crippen LogP contribution >= 0.6 is 11.9 Å². The minimum absolute atomic E-state index is 0.182. The lowest BCUT2D eigenvalue weighted by molar-refractivity contribution is -0.137. The summed E-state index contributed by atoms with van der Waals surface area (Å²) < 4.78 is 58.0. The normalized spacial score (nSPS) is 12.6. The number of aryl methyl sites for hydroxylation is 2. The highest BCUT2D eigenvalue weighted by molar-refractivity contribution is 8.00. The maximum atomic E-state index is 12.9. The minimum atomic E-state index is -4.34. The summed E-state index contributed by atoms with van der Waals surface area (Å²) in [6.07, 6.45) is 1.97. The molecule has 0 radical (unpaired) electrons. The molecule has 170 valence electrons. The van der Waals surface area contributed by atoms with Gasteiger partial charge in [-0.1, -0.05) is 18.2 Å². The topological polar surface area (TPSA) is 51.0 Å². The Labute approximate surface area is 192 Å². The standard InChI is InChI=1S/C14H13FN2S.C10H6F3NO/c15-13-5-2-6-14(16-13)17-18-12-8-7-10-3-1-4-11(10)9-12;11-10(12,13)8-3-1-2-7(6-8)9-14-4-5-15-9/h2,5-9H,1,3-4H2,(H,16,17);1-6H. The maximum Gasteiger partial charge on any atom is 0.416 e. The highest BCUT2D eigenvalue weighted by atomic mass is 32.2.